The summed E-state index contributed by atoms with van der Waals surface area (Å²) >= 11 is 14.1. The summed E-state index contributed by atoms with van der Waals surface area (Å²) in [6.45, 7) is 0. The van der Waals surface area contributed by atoms with E-state index in [1.165, 1.54) is 0 Å². The van der Waals surface area contributed by atoms with Gasteiger partial charge in [-0.1, -0.05) is 0 Å². The van der Waals surface area contributed by atoms with Crippen molar-refractivity contribution in [3.05, 3.63) is 0 Å². The fourth-order valence-corrected chi connectivity index (χ4v) is 30.6. The van der Waals surface area contributed by atoms with Gasteiger partial charge in [-0.05, 0) is 0 Å². The van der Waals surface area contributed by atoms with Gasteiger partial charge in [-0.3, -0.25) is 0 Å². The zero-order valence-corrected chi connectivity index (χ0v) is 11.5. The zero-order valence-electron chi connectivity index (χ0n) is 4.60. The molecule has 0 aromatic carbocycles. The van der Waals surface area contributed by atoms with Crippen molar-refractivity contribution < 1.29 is 0 Å². The van der Waals surface area contributed by atoms with E-state index in [0.29, 0.717) is 4.88 Å². The SMILES string of the molecule is [CH3][Ge]([Cl])([Cl])[CH2][Si](Cl)(Cl)Cl. The van der Waals surface area contributed by atoms with Crippen molar-refractivity contribution in [1.82, 2.24) is 0 Å². The molecule has 7 heteroatoms. The molecule has 0 aliphatic heterocycles. The second-order valence-corrected chi connectivity index (χ2v) is 27.4. The summed E-state index contributed by atoms with van der Waals surface area (Å²) in [4.78, 5) is 0.445. The van der Waals surface area contributed by atoms with Crippen molar-refractivity contribution in [2.45, 2.75) is 10.6 Å². The van der Waals surface area contributed by atoms with Crippen LogP contribution >= 0.6 is 53.3 Å². The maximum absolute atomic E-state index is 5.75. The topological polar surface area (TPSA) is 0 Å². The van der Waals surface area contributed by atoms with Gasteiger partial charge in [-0.15, -0.1) is 0 Å². The summed E-state index contributed by atoms with van der Waals surface area (Å²) in [5, 5.41) is 0. The van der Waals surface area contributed by atoms with Crippen LogP contribution in [0.2, 0.25) is 10.6 Å². The van der Waals surface area contributed by atoms with E-state index in [0.717, 1.165) is 0 Å². The quantitative estimate of drug-likeness (QED) is 0.539. The van der Waals surface area contributed by atoms with E-state index in [2.05, 4.69) is 0 Å². The third kappa shape index (κ3) is 10.2. The molecule has 0 saturated carbocycles. The molecular weight excluding hydrogens is 302 g/mol. The van der Waals surface area contributed by atoms with Crippen LogP contribution in [0.3, 0.4) is 0 Å². The molecule has 0 saturated heterocycles. The van der Waals surface area contributed by atoms with Crippen molar-refractivity contribution in [3.8, 4) is 0 Å². The molecule has 0 unspecified atom stereocenters. The van der Waals surface area contributed by atoms with Gasteiger partial charge in [-0.25, -0.2) is 0 Å². The van der Waals surface area contributed by atoms with Crippen LogP contribution in [-0.4, -0.2) is 17.4 Å². The van der Waals surface area contributed by atoms with Gasteiger partial charge >= 0.3 is 81.3 Å². The van der Waals surface area contributed by atoms with Crippen molar-refractivity contribution in [1.29, 1.82) is 0 Å². The van der Waals surface area contributed by atoms with E-state index in [1.807, 2.05) is 0 Å². The molecule has 0 fully saturated rings. The van der Waals surface area contributed by atoms with Gasteiger partial charge in [-0.2, -0.15) is 0 Å². The number of halogens is 5. The fraction of sp³-hybridized carbons (Fsp3) is 1.00. The molecule has 0 radical (unpaired) electrons. The van der Waals surface area contributed by atoms with E-state index >= 15 is 0 Å². The summed E-state index contributed by atoms with van der Waals surface area (Å²) < 4.78 is 0. The first-order valence-electron chi connectivity index (χ1n) is 2.15. The summed E-state index contributed by atoms with van der Waals surface area (Å²) in [6.07, 6.45) is 0. The molecular formula is C2H5Cl5GeSi. The Morgan fingerprint density at radius 2 is 1.56 bits per heavy atom. The van der Waals surface area contributed by atoms with Crippen LogP contribution < -0.4 is 0 Å². The van der Waals surface area contributed by atoms with Crippen LogP contribution in [0.5, 0.6) is 0 Å². The number of rotatable bonds is 2. The second kappa shape index (κ2) is 3.74. The van der Waals surface area contributed by atoms with Crippen molar-refractivity contribution in [2.24, 2.45) is 0 Å². The number of hydrogen-bond donors (Lipinski definition) is 0. The van der Waals surface area contributed by atoms with E-state index < -0.39 is 17.4 Å². The van der Waals surface area contributed by atoms with Crippen LogP contribution in [0.1, 0.15) is 0 Å². The molecule has 0 bridgehead atoms. The van der Waals surface area contributed by atoms with Crippen LogP contribution in [-0.2, 0) is 0 Å². The Balaban J connectivity index is 3.75. The predicted octanol–water partition coefficient (Wildman–Crippen LogP) is 3.73. The molecule has 0 aromatic rings. The molecule has 0 rings (SSSR count). The van der Waals surface area contributed by atoms with Gasteiger partial charge in [0.05, 0.1) is 0 Å². The summed E-state index contributed by atoms with van der Waals surface area (Å²) in [7, 11) is 11.5. The third-order valence-electron chi connectivity index (χ3n) is 0.511. The normalized spacial score (nSPS) is 14.0. The molecule has 0 aliphatic carbocycles. The maximum atomic E-state index is 5.75. The van der Waals surface area contributed by atoms with Crippen LogP contribution in [0.15, 0.2) is 0 Å². The minimum absolute atomic E-state index is 0.445. The fourth-order valence-electron chi connectivity index (χ4n) is 0.352. The van der Waals surface area contributed by atoms with Crippen LogP contribution in [0, 0.1) is 0 Å². The third-order valence-corrected chi connectivity index (χ3v) is 18.4. The number of hydrogen-bond acceptors (Lipinski definition) is 0. The van der Waals surface area contributed by atoms with E-state index in [1.54, 1.807) is 5.76 Å². The summed E-state index contributed by atoms with van der Waals surface area (Å²) in [6, 6.07) is -2.56. The standard InChI is InChI=1S/C2H5Cl5GeSi/c1-8(3,4)2-9(5,6)7/h2H2,1H3. The van der Waals surface area contributed by atoms with Crippen molar-refractivity contribution in [3.63, 3.8) is 0 Å². The van der Waals surface area contributed by atoms with E-state index in [4.69, 9.17) is 53.3 Å². The molecule has 0 spiro atoms. The van der Waals surface area contributed by atoms with Gasteiger partial charge in [0.15, 0.2) is 0 Å². The monoisotopic (exact) mass is 306 g/mol. The van der Waals surface area contributed by atoms with E-state index in [-0.39, 0.29) is 0 Å². The summed E-state index contributed by atoms with van der Waals surface area (Å²) in [5.74, 6) is 1.79. The predicted molar refractivity (Wildman–Crippen MR) is 51.4 cm³/mol. The molecule has 0 aromatic heterocycles. The molecule has 0 N–H and O–H groups in total. The van der Waals surface area contributed by atoms with E-state index in [9.17, 15) is 0 Å². The molecule has 9 heavy (non-hydrogen) atoms. The average molecular weight is 307 g/mol. The van der Waals surface area contributed by atoms with Gasteiger partial charge in [0.2, 0.25) is 0 Å². The van der Waals surface area contributed by atoms with Gasteiger partial charge in [0.1, 0.15) is 0 Å². The summed E-state index contributed by atoms with van der Waals surface area (Å²) in [5.41, 5.74) is 0. The second-order valence-electron chi connectivity index (χ2n) is 1.86. The van der Waals surface area contributed by atoms with Crippen LogP contribution in [0.25, 0.3) is 0 Å². The van der Waals surface area contributed by atoms with Gasteiger partial charge < -0.3 is 0 Å². The van der Waals surface area contributed by atoms with Crippen molar-refractivity contribution >= 4 is 70.7 Å². The first-order valence-corrected chi connectivity index (χ1v) is 16.5. The first-order chi connectivity index (χ1) is 3.71. The Labute approximate surface area is 80.6 Å². The van der Waals surface area contributed by atoms with Crippen LogP contribution in [0.4, 0.5) is 0 Å². The minimum atomic E-state index is -2.63. The Morgan fingerprint density at radius 3 is 1.56 bits per heavy atom. The Hall–Kier alpha value is 2.21. The molecule has 0 nitrogen and oxygen atoms in total. The molecule has 0 aliphatic rings. The van der Waals surface area contributed by atoms with Gasteiger partial charge in [0, 0.05) is 0 Å². The molecule has 56 valence electrons. The Bertz CT molecular complexity index is 80.1. The molecule has 0 heterocycles. The first kappa shape index (κ1) is 11.2. The van der Waals surface area contributed by atoms with Crippen molar-refractivity contribution in [2.75, 3.05) is 0 Å². The Morgan fingerprint density at radius 1 is 1.22 bits per heavy atom. The zero-order chi connectivity index (χ0) is 7.71. The average Bonchev–Trinajstić information content (AvgIpc) is 1.14. The van der Waals surface area contributed by atoms with Gasteiger partial charge in [0.25, 0.3) is 0 Å². The molecule has 0 atom stereocenters. The molecule has 0 amide bonds. The Kier molecular flexibility index (Phi) is 4.66.